The van der Waals surface area contributed by atoms with Crippen LogP contribution in [0.3, 0.4) is 0 Å². The first-order chi connectivity index (χ1) is 14.1. The molecule has 146 valence electrons. The second kappa shape index (κ2) is 8.71. The maximum Gasteiger partial charge on any atom is 0.281 e. The van der Waals surface area contributed by atoms with Gasteiger partial charge in [-0.3, -0.25) is 9.59 Å². The predicted octanol–water partition coefficient (Wildman–Crippen LogP) is 5.08. The van der Waals surface area contributed by atoms with E-state index in [2.05, 4.69) is 21.0 Å². The molecule has 2 aromatic carbocycles. The largest absolute Gasteiger partial charge is 0.484 e. The number of thiophene rings is 1. The van der Waals surface area contributed by atoms with Crippen LogP contribution in [0.1, 0.15) is 33.3 Å². The van der Waals surface area contributed by atoms with Crippen LogP contribution >= 0.6 is 27.3 Å². The number of halogens is 1. The number of nitrogens with zero attached hydrogens (tertiary/aromatic N) is 2. The van der Waals surface area contributed by atoms with Gasteiger partial charge >= 0.3 is 0 Å². The molecule has 0 spiro atoms. The van der Waals surface area contributed by atoms with Crippen LogP contribution in [0, 0.1) is 0 Å². The lowest BCUT2D eigenvalue weighted by Gasteiger charge is -2.20. The van der Waals surface area contributed by atoms with Crippen molar-refractivity contribution < 1.29 is 14.3 Å². The zero-order valence-corrected chi connectivity index (χ0v) is 17.7. The Labute approximate surface area is 180 Å². The van der Waals surface area contributed by atoms with Crippen LogP contribution in [0.2, 0.25) is 0 Å². The highest BCUT2D eigenvalue weighted by Crippen LogP contribution is 2.35. The fourth-order valence-corrected chi connectivity index (χ4v) is 4.22. The summed E-state index contributed by atoms with van der Waals surface area (Å²) in [6.07, 6.45) is 1.39. The summed E-state index contributed by atoms with van der Waals surface area (Å²) < 4.78 is 6.62. The Hall–Kier alpha value is -2.77. The molecule has 7 heteroatoms. The van der Waals surface area contributed by atoms with Gasteiger partial charge < -0.3 is 4.74 Å². The lowest BCUT2D eigenvalue weighted by atomic mass is 10.0. The average molecular weight is 469 g/mol. The Morgan fingerprint density at radius 1 is 1.21 bits per heavy atom. The Balaban J connectivity index is 1.54. The molecule has 0 saturated carbocycles. The molecule has 1 aliphatic heterocycles. The molecule has 2 heterocycles. The van der Waals surface area contributed by atoms with Crippen LogP contribution in [0.4, 0.5) is 0 Å². The molecule has 1 unspecified atom stereocenters. The van der Waals surface area contributed by atoms with E-state index < -0.39 is 0 Å². The van der Waals surface area contributed by atoms with Gasteiger partial charge in [0.25, 0.3) is 5.91 Å². The Kier molecular flexibility index (Phi) is 5.87. The van der Waals surface area contributed by atoms with E-state index in [1.807, 2.05) is 41.8 Å². The number of benzene rings is 2. The highest BCUT2D eigenvalue weighted by molar-refractivity contribution is 9.10. The van der Waals surface area contributed by atoms with Gasteiger partial charge in [-0.2, -0.15) is 5.10 Å². The molecule has 5 nitrogen and oxygen atoms in total. The summed E-state index contributed by atoms with van der Waals surface area (Å²) in [5, 5.41) is 8.14. The molecule has 0 N–H and O–H groups in total. The molecule has 0 bridgehead atoms. The van der Waals surface area contributed by atoms with E-state index in [-0.39, 0.29) is 18.6 Å². The van der Waals surface area contributed by atoms with Crippen LogP contribution < -0.4 is 4.74 Å². The predicted molar refractivity (Wildman–Crippen MR) is 117 cm³/mol. The number of amides is 1. The van der Waals surface area contributed by atoms with Gasteiger partial charge in [0.1, 0.15) is 12.0 Å². The van der Waals surface area contributed by atoms with Crippen molar-refractivity contribution in [1.29, 1.82) is 0 Å². The summed E-state index contributed by atoms with van der Waals surface area (Å²) in [7, 11) is 0. The van der Waals surface area contributed by atoms with Crippen molar-refractivity contribution in [3.05, 3.63) is 86.5 Å². The van der Waals surface area contributed by atoms with Crippen LogP contribution in [0.15, 0.2) is 75.6 Å². The molecule has 0 saturated heterocycles. The standard InChI is InChI=1S/C22H17BrN2O3S/c23-17-8-6-16(7-9-17)19-12-20(21-5-2-10-29-21)25(24-19)22(27)14-28-18-4-1-3-15(11-18)13-26/h1-11,13,20H,12,14H2. The summed E-state index contributed by atoms with van der Waals surface area (Å²) in [5.74, 6) is 0.249. The summed E-state index contributed by atoms with van der Waals surface area (Å²) in [5.41, 5.74) is 2.36. The van der Waals surface area contributed by atoms with Crippen molar-refractivity contribution in [2.45, 2.75) is 12.5 Å². The minimum atomic E-state index is -0.230. The monoisotopic (exact) mass is 468 g/mol. The molecule has 1 amide bonds. The Morgan fingerprint density at radius 3 is 2.76 bits per heavy atom. The van der Waals surface area contributed by atoms with Crippen molar-refractivity contribution in [1.82, 2.24) is 5.01 Å². The third-order valence-electron chi connectivity index (χ3n) is 4.57. The normalized spacial score (nSPS) is 15.8. The zero-order chi connectivity index (χ0) is 20.2. The number of carbonyl (C=O) groups excluding carboxylic acids is 2. The molecule has 3 aromatic rings. The second-order valence-electron chi connectivity index (χ2n) is 6.51. The highest BCUT2D eigenvalue weighted by Gasteiger charge is 2.33. The average Bonchev–Trinajstić information content (AvgIpc) is 3.42. The van der Waals surface area contributed by atoms with Gasteiger partial charge in [0.05, 0.1) is 11.8 Å². The first kappa shape index (κ1) is 19.5. The number of ether oxygens (including phenoxy) is 1. The second-order valence-corrected chi connectivity index (χ2v) is 8.40. The van der Waals surface area contributed by atoms with Gasteiger partial charge in [-0.1, -0.05) is 46.3 Å². The van der Waals surface area contributed by atoms with Gasteiger partial charge in [-0.05, 0) is 41.3 Å². The van der Waals surface area contributed by atoms with Crippen molar-refractivity contribution in [2.75, 3.05) is 6.61 Å². The molecular weight excluding hydrogens is 452 g/mol. The van der Waals surface area contributed by atoms with E-state index in [9.17, 15) is 9.59 Å². The van der Waals surface area contributed by atoms with E-state index >= 15 is 0 Å². The Morgan fingerprint density at radius 2 is 2.03 bits per heavy atom. The maximum atomic E-state index is 12.9. The molecule has 0 aliphatic carbocycles. The van der Waals surface area contributed by atoms with E-state index in [1.54, 1.807) is 35.6 Å². The van der Waals surface area contributed by atoms with Gasteiger partial charge in [-0.25, -0.2) is 5.01 Å². The van der Waals surface area contributed by atoms with Crippen molar-refractivity contribution in [3.63, 3.8) is 0 Å². The lowest BCUT2D eigenvalue weighted by Crippen LogP contribution is -2.31. The van der Waals surface area contributed by atoms with Crippen molar-refractivity contribution in [2.24, 2.45) is 5.10 Å². The summed E-state index contributed by atoms with van der Waals surface area (Å²) in [6.45, 7) is -0.151. The SMILES string of the molecule is O=Cc1cccc(OCC(=O)N2N=C(c3ccc(Br)cc3)CC2c2cccs2)c1. The molecule has 1 aromatic heterocycles. The molecule has 29 heavy (non-hydrogen) atoms. The van der Waals surface area contributed by atoms with Gasteiger partial charge in [0.15, 0.2) is 6.61 Å². The molecule has 4 rings (SSSR count). The summed E-state index contributed by atoms with van der Waals surface area (Å²) >= 11 is 5.05. The highest BCUT2D eigenvalue weighted by atomic mass is 79.9. The zero-order valence-electron chi connectivity index (χ0n) is 15.3. The van der Waals surface area contributed by atoms with E-state index in [1.165, 1.54) is 5.01 Å². The summed E-state index contributed by atoms with van der Waals surface area (Å²) in [6, 6.07) is 18.5. The molecule has 0 fully saturated rings. The number of hydrogen-bond donors (Lipinski definition) is 0. The third kappa shape index (κ3) is 4.46. The number of carbonyl (C=O) groups is 2. The van der Waals surface area contributed by atoms with E-state index in [4.69, 9.17) is 4.74 Å². The van der Waals surface area contributed by atoms with E-state index in [0.29, 0.717) is 17.7 Å². The summed E-state index contributed by atoms with van der Waals surface area (Å²) in [4.78, 5) is 24.9. The van der Waals surface area contributed by atoms with Crippen LogP contribution in [0.25, 0.3) is 0 Å². The smallest absolute Gasteiger partial charge is 0.281 e. The number of hydrogen-bond acceptors (Lipinski definition) is 5. The topological polar surface area (TPSA) is 59.0 Å². The first-order valence-corrected chi connectivity index (χ1v) is 10.7. The van der Waals surface area contributed by atoms with Crippen LogP contribution in [-0.4, -0.2) is 29.5 Å². The number of aldehydes is 1. The minimum Gasteiger partial charge on any atom is -0.484 e. The minimum absolute atomic E-state index is 0.147. The maximum absolute atomic E-state index is 12.9. The number of hydrazone groups is 1. The van der Waals surface area contributed by atoms with Gasteiger partial charge in [-0.15, -0.1) is 11.3 Å². The molecular formula is C22H17BrN2O3S. The van der Waals surface area contributed by atoms with Gasteiger partial charge in [0.2, 0.25) is 0 Å². The van der Waals surface area contributed by atoms with Gasteiger partial charge in [0, 0.05) is 21.3 Å². The molecule has 1 aliphatic rings. The van der Waals surface area contributed by atoms with E-state index in [0.717, 1.165) is 26.9 Å². The number of rotatable bonds is 6. The fraction of sp³-hybridized carbons (Fsp3) is 0.136. The van der Waals surface area contributed by atoms with Crippen LogP contribution in [-0.2, 0) is 4.79 Å². The first-order valence-electron chi connectivity index (χ1n) is 9.01. The molecule has 1 atom stereocenters. The molecule has 0 radical (unpaired) electrons. The lowest BCUT2D eigenvalue weighted by molar-refractivity contribution is -0.135. The third-order valence-corrected chi connectivity index (χ3v) is 6.07. The van der Waals surface area contributed by atoms with Crippen molar-refractivity contribution in [3.8, 4) is 5.75 Å². The fourth-order valence-electron chi connectivity index (χ4n) is 3.15. The van der Waals surface area contributed by atoms with Crippen molar-refractivity contribution >= 4 is 45.2 Å². The van der Waals surface area contributed by atoms with Crippen LogP contribution in [0.5, 0.6) is 5.75 Å². The quantitative estimate of drug-likeness (QED) is 0.473. The Bertz CT molecular complexity index is 1050.